The maximum Gasteiger partial charge on any atom is 0.319 e. The number of hydrogen-bond donors (Lipinski definition) is 3. The fourth-order valence-electron chi connectivity index (χ4n) is 4.78. The molecule has 0 spiro atoms. The number of imidazole rings is 1. The van der Waals surface area contributed by atoms with Crippen molar-refractivity contribution in [3.05, 3.63) is 59.4 Å². The molecule has 10 heteroatoms. The van der Waals surface area contributed by atoms with Gasteiger partial charge >= 0.3 is 6.03 Å². The predicted octanol–water partition coefficient (Wildman–Crippen LogP) is 3.97. The van der Waals surface area contributed by atoms with Gasteiger partial charge in [0.15, 0.2) is 0 Å². The van der Waals surface area contributed by atoms with E-state index >= 15 is 0 Å². The SMILES string of the molecule is COCCCn1c(C2CCCN(C(=O)CC(N)CNC(=O)Nc3ccc(Cl)cc3)C2)nc2ccccc21. The summed E-state index contributed by atoms with van der Waals surface area (Å²) in [6.07, 6.45) is 2.95. The summed E-state index contributed by atoms with van der Waals surface area (Å²) in [5.74, 6) is 1.19. The summed E-state index contributed by atoms with van der Waals surface area (Å²) in [5, 5.41) is 6.05. The second-order valence-electron chi connectivity index (χ2n) is 9.44. The first-order chi connectivity index (χ1) is 17.9. The van der Waals surface area contributed by atoms with E-state index in [0.29, 0.717) is 30.4 Å². The second-order valence-corrected chi connectivity index (χ2v) is 9.88. The van der Waals surface area contributed by atoms with Gasteiger partial charge in [0.05, 0.1) is 11.0 Å². The quantitative estimate of drug-likeness (QED) is 0.346. The zero-order chi connectivity index (χ0) is 26.2. The van der Waals surface area contributed by atoms with Crippen LogP contribution in [0.3, 0.4) is 0 Å². The minimum absolute atomic E-state index is 0.000784. The van der Waals surface area contributed by atoms with Gasteiger partial charge in [0, 0.05) is 69.0 Å². The minimum Gasteiger partial charge on any atom is -0.385 e. The van der Waals surface area contributed by atoms with Crippen LogP contribution < -0.4 is 16.4 Å². The molecular formula is C27H35ClN6O3. The summed E-state index contributed by atoms with van der Waals surface area (Å²) >= 11 is 5.87. The van der Waals surface area contributed by atoms with Gasteiger partial charge in [-0.2, -0.15) is 0 Å². The molecule has 1 saturated heterocycles. The first kappa shape index (κ1) is 26.9. The molecule has 37 heavy (non-hydrogen) atoms. The molecule has 3 aromatic rings. The number of benzene rings is 2. The number of anilines is 1. The summed E-state index contributed by atoms with van der Waals surface area (Å²) in [5.41, 5.74) is 8.91. The molecule has 1 aliphatic rings. The normalized spacial score (nSPS) is 16.5. The first-order valence-corrected chi connectivity index (χ1v) is 13.1. The van der Waals surface area contributed by atoms with Crippen molar-refractivity contribution in [2.75, 3.05) is 38.7 Å². The Balaban J connectivity index is 1.32. The average molecular weight is 527 g/mol. The van der Waals surface area contributed by atoms with Crippen molar-refractivity contribution in [2.45, 2.75) is 44.2 Å². The number of nitrogens with zero attached hydrogens (tertiary/aromatic N) is 3. The van der Waals surface area contributed by atoms with Gasteiger partial charge in [-0.3, -0.25) is 4.79 Å². The third kappa shape index (κ3) is 7.21. The lowest BCUT2D eigenvalue weighted by atomic mass is 9.96. The molecule has 0 saturated carbocycles. The lowest BCUT2D eigenvalue weighted by Gasteiger charge is -2.33. The van der Waals surface area contributed by atoms with Crippen molar-refractivity contribution in [2.24, 2.45) is 5.73 Å². The van der Waals surface area contributed by atoms with E-state index in [1.54, 1.807) is 31.4 Å². The number of amides is 3. The van der Waals surface area contributed by atoms with Crippen LogP contribution in [0.25, 0.3) is 11.0 Å². The largest absolute Gasteiger partial charge is 0.385 e. The van der Waals surface area contributed by atoms with Crippen LogP contribution in [0.5, 0.6) is 0 Å². The second kappa shape index (κ2) is 12.9. The van der Waals surface area contributed by atoms with E-state index in [1.807, 2.05) is 23.1 Å². The molecule has 0 aliphatic carbocycles. The van der Waals surface area contributed by atoms with E-state index in [2.05, 4.69) is 21.3 Å². The highest BCUT2D eigenvalue weighted by Gasteiger charge is 2.29. The molecular weight excluding hydrogens is 492 g/mol. The Morgan fingerprint density at radius 3 is 2.78 bits per heavy atom. The van der Waals surface area contributed by atoms with Gasteiger partial charge in [-0.25, -0.2) is 9.78 Å². The predicted molar refractivity (Wildman–Crippen MR) is 146 cm³/mol. The number of halogens is 1. The van der Waals surface area contributed by atoms with Gasteiger partial charge in [0.2, 0.25) is 5.91 Å². The van der Waals surface area contributed by atoms with E-state index in [9.17, 15) is 9.59 Å². The van der Waals surface area contributed by atoms with Gasteiger partial charge in [-0.1, -0.05) is 23.7 Å². The first-order valence-electron chi connectivity index (χ1n) is 12.7. The third-order valence-electron chi connectivity index (χ3n) is 6.62. The molecule has 2 aromatic carbocycles. The number of aryl methyl sites for hydroxylation is 1. The number of ether oxygens (including phenoxy) is 1. The number of urea groups is 1. The minimum atomic E-state index is -0.484. The van der Waals surface area contributed by atoms with Crippen LogP contribution in [0.2, 0.25) is 5.02 Å². The number of para-hydroxylation sites is 2. The molecule has 3 amide bonds. The molecule has 1 fully saturated rings. The van der Waals surface area contributed by atoms with Gasteiger partial charge in [-0.15, -0.1) is 0 Å². The van der Waals surface area contributed by atoms with Crippen LogP contribution in [0.4, 0.5) is 10.5 Å². The van der Waals surface area contributed by atoms with Crippen LogP contribution in [-0.2, 0) is 16.1 Å². The molecule has 2 unspecified atom stereocenters. The monoisotopic (exact) mass is 526 g/mol. The number of rotatable bonds is 10. The average Bonchev–Trinajstić information content (AvgIpc) is 3.28. The maximum absolute atomic E-state index is 13.1. The topological polar surface area (TPSA) is 115 Å². The number of carbonyl (C=O) groups excluding carboxylic acids is 2. The number of fused-ring (bicyclic) bond motifs is 1. The van der Waals surface area contributed by atoms with Gasteiger partial charge in [0.1, 0.15) is 5.82 Å². The van der Waals surface area contributed by atoms with Crippen LogP contribution in [0, 0.1) is 0 Å². The standard InChI is InChI=1S/C27H35ClN6O3/c1-37-15-5-14-34-24-8-3-2-7-23(24)32-26(34)19-6-4-13-33(18-19)25(35)16-21(29)17-30-27(36)31-22-11-9-20(28)10-12-22/h2-3,7-12,19,21H,4-6,13-18,29H2,1H3,(H2,30,31,36). The van der Waals surface area contributed by atoms with E-state index in [1.165, 1.54) is 0 Å². The molecule has 4 N–H and O–H groups in total. The van der Waals surface area contributed by atoms with Crippen molar-refractivity contribution >= 4 is 40.3 Å². The Labute approximate surface area is 222 Å². The van der Waals surface area contributed by atoms with Crippen molar-refractivity contribution in [1.29, 1.82) is 0 Å². The number of nitrogens with one attached hydrogen (secondary N) is 2. The van der Waals surface area contributed by atoms with E-state index in [-0.39, 0.29) is 30.8 Å². The number of nitrogens with two attached hydrogens (primary N) is 1. The van der Waals surface area contributed by atoms with Crippen LogP contribution in [0.15, 0.2) is 48.5 Å². The Hall–Kier alpha value is -3.14. The van der Waals surface area contributed by atoms with Gasteiger partial charge in [0.25, 0.3) is 0 Å². The Bertz CT molecular complexity index is 1200. The lowest BCUT2D eigenvalue weighted by Crippen LogP contribution is -2.45. The fourth-order valence-corrected chi connectivity index (χ4v) is 4.91. The summed E-state index contributed by atoms with van der Waals surface area (Å²) in [4.78, 5) is 32.1. The Morgan fingerprint density at radius 2 is 2.00 bits per heavy atom. The Kier molecular flexibility index (Phi) is 9.38. The van der Waals surface area contributed by atoms with Crippen LogP contribution in [-0.4, -0.2) is 65.8 Å². The van der Waals surface area contributed by atoms with Crippen molar-refractivity contribution in [1.82, 2.24) is 19.8 Å². The number of piperidine rings is 1. The third-order valence-corrected chi connectivity index (χ3v) is 6.87. The molecule has 0 bridgehead atoms. The summed E-state index contributed by atoms with van der Waals surface area (Å²) in [6.45, 7) is 3.02. The zero-order valence-electron chi connectivity index (χ0n) is 21.2. The van der Waals surface area contributed by atoms with Crippen LogP contribution in [0.1, 0.15) is 37.4 Å². The van der Waals surface area contributed by atoms with Crippen molar-refractivity contribution in [3.8, 4) is 0 Å². The molecule has 1 aliphatic heterocycles. The van der Waals surface area contributed by atoms with Crippen molar-refractivity contribution < 1.29 is 14.3 Å². The smallest absolute Gasteiger partial charge is 0.319 e. The summed E-state index contributed by atoms with van der Waals surface area (Å²) in [6, 6.07) is 14.1. The van der Waals surface area contributed by atoms with E-state index < -0.39 is 6.04 Å². The molecule has 1 aromatic heterocycles. The number of methoxy groups -OCH3 is 1. The molecule has 9 nitrogen and oxygen atoms in total. The van der Waals surface area contributed by atoms with E-state index in [0.717, 1.165) is 42.7 Å². The highest BCUT2D eigenvalue weighted by Crippen LogP contribution is 2.30. The van der Waals surface area contributed by atoms with Gasteiger partial charge in [-0.05, 0) is 55.7 Å². The highest BCUT2D eigenvalue weighted by atomic mass is 35.5. The highest BCUT2D eigenvalue weighted by molar-refractivity contribution is 6.30. The molecule has 4 rings (SSSR count). The van der Waals surface area contributed by atoms with Gasteiger partial charge < -0.3 is 30.6 Å². The summed E-state index contributed by atoms with van der Waals surface area (Å²) in [7, 11) is 1.71. The maximum atomic E-state index is 13.1. The zero-order valence-corrected chi connectivity index (χ0v) is 21.9. The number of carbonyl (C=O) groups is 2. The van der Waals surface area contributed by atoms with E-state index in [4.69, 9.17) is 27.1 Å². The molecule has 198 valence electrons. The number of likely N-dealkylation sites (tertiary alicyclic amines) is 1. The molecule has 0 radical (unpaired) electrons. The summed E-state index contributed by atoms with van der Waals surface area (Å²) < 4.78 is 7.54. The van der Waals surface area contributed by atoms with Crippen LogP contribution >= 0.6 is 11.6 Å². The Morgan fingerprint density at radius 1 is 1.22 bits per heavy atom. The number of hydrogen-bond acceptors (Lipinski definition) is 5. The number of aromatic nitrogens is 2. The molecule has 2 heterocycles. The fraction of sp³-hybridized carbons (Fsp3) is 0.444. The molecule has 2 atom stereocenters. The lowest BCUT2D eigenvalue weighted by molar-refractivity contribution is -0.132. The van der Waals surface area contributed by atoms with Crippen molar-refractivity contribution in [3.63, 3.8) is 0 Å².